The van der Waals surface area contributed by atoms with E-state index in [4.69, 9.17) is 9.84 Å². The summed E-state index contributed by atoms with van der Waals surface area (Å²) in [7, 11) is 1.71. The van der Waals surface area contributed by atoms with Gasteiger partial charge in [-0.25, -0.2) is 0 Å². The van der Waals surface area contributed by atoms with Crippen molar-refractivity contribution in [2.45, 2.75) is 19.4 Å². The van der Waals surface area contributed by atoms with Gasteiger partial charge in [-0.3, -0.25) is 4.79 Å². The second-order valence-electron chi connectivity index (χ2n) is 3.45. The Kier molecular flexibility index (Phi) is 3.69. The fourth-order valence-electron chi connectivity index (χ4n) is 1.60. The Hall–Kier alpha value is -0.610. The molecule has 1 aliphatic heterocycles. The zero-order chi connectivity index (χ0) is 9.84. The van der Waals surface area contributed by atoms with Crippen molar-refractivity contribution in [1.82, 2.24) is 4.90 Å². The van der Waals surface area contributed by atoms with Crippen LogP contribution in [0.2, 0.25) is 0 Å². The van der Waals surface area contributed by atoms with Gasteiger partial charge < -0.3 is 14.7 Å². The lowest BCUT2D eigenvalue weighted by Gasteiger charge is -2.21. The van der Waals surface area contributed by atoms with Crippen molar-refractivity contribution in [2.75, 3.05) is 26.8 Å². The second kappa shape index (κ2) is 4.58. The highest BCUT2D eigenvalue weighted by molar-refractivity contribution is 5.79. The van der Waals surface area contributed by atoms with Gasteiger partial charge in [-0.1, -0.05) is 0 Å². The number of aliphatic hydroxyl groups excluding tert-OH is 1. The number of carbonyl (C=O) groups is 1. The van der Waals surface area contributed by atoms with E-state index in [1.54, 1.807) is 11.9 Å². The highest BCUT2D eigenvalue weighted by Crippen LogP contribution is 2.21. The fraction of sp³-hybridized carbons (Fsp3) is 0.889. The van der Waals surface area contributed by atoms with E-state index in [1.165, 1.54) is 0 Å². The molecule has 76 valence electrons. The minimum absolute atomic E-state index is 0.0171. The molecule has 4 heteroatoms. The zero-order valence-corrected chi connectivity index (χ0v) is 8.19. The summed E-state index contributed by atoms with van der Waals surface area (Å²) < 4.78 is 5.30. The lowest BCUT2D eigenvalue weighted by atomic mass is 10.0. The molecule has 13 heavy (non-hydrogen) atoms. The lowest BCUT2D eigenvalue weighted by Crippen LogP contribution is -2.37. The average molecular weight is 187 g/mol. The summed E-state index contributed by atoms with van der Waals surface area (Å²) in [5, 5.41) is 8.67. The van der Waals surface area contributed by atoms with E-state index in [2.05, 4.69) is 0 Å². The number of likely N-dealkylation sites (N-methyl/N-ethyl adjacent to an activating group) is 1. The Balaban J connectivity index is 2.46. The quantitative estimate of drug-likeness (QED) is 0.669. The Morgan fingerprint density at radius 2 is 2.38 bits per heavy atom. The molecule has 0 saturated carbocycles. The molecule has 1 amide bonds. The first-order valence-corrected chi connectivity index (χ1v) is 4.64. The number of hydrogen-bond donors (Lipinski definition) is 1. The number of amides is 1. The molecule has 0 spiro atoms. The highest BCUT2D eigenvalue weighted by atomic mass is 16.5. The minimum Gasteiger partial charge on any atom is -0.395 e. The molecule has 1 N–H and O–H groups in total. The molecule has 4 nitrogen and oxygen atoms in total. The van der Waals surface area contributed by atoms with Crippen LogP contribution in [-0.4, -0.2) is 48.8 Å². The number of hydrogen-bond acceptors (Lipinski definition) is 3. The monoisotopic (exact) mass is 187 g/mol. The Morgan fingerprint density at radius 3 is 2.85 bits per heavy atom. The smallest absolute Gasteiger partial charge is 0.228 e. The summed E-state index contributed by atoms with van der Waals surface area (Å²) in [5.74, 6) is 0.0654. The van der Waals surface area contributed by atoms with Crippen molar-refractivity contribution in [3.05, 3.63) is 0 Å². The summed E-state index contributed by atoms with van der Waals surface area (Å²) in [4.78, 5) is 13.2. The van der Waals surface area contributed by atoms with Crippen molar-refractivity contribution in [1.29, 1.82) is 0 Å². The Bertz CT molecular complexity index is 184. The minimum atomic E-state index is -0.0171. The average Bonchev–Trinajstić information content (AvgIpc) is 2.50. The van der Waals surface area contributed by atoms with E-state index in [0.29, 0.717) is 13.2 Å². The second-order valence-corrected chi connectivity index (χ2v) is 3.45. The van der Waals surface area contributed by atoms with Crippen LogP contribution in [0.4, 0.5) is 0 Å². The lowest BCUT2D eigenvalue weighted by molar-refractivity contribution is -0.136. The first-order chi connectivity index (χ1) is 6.16. The standard InChI is InChI=1S/C9H17NO3/c1-7-8(3-6-13-7)9(12)10(2)4-5-11/h7-8,11H,3-6H2,1-2H3. The van der Waals surface area contributed by atoms with E-state index in [1.807, 2.05) is 6.92 Å². The van der Waals surface area contributed by atoms with E-state index in [0.717, 1.165) is 6.42 Å². The number of carbonyl (C=O) groups excluding carboxylic acids is 1. The molecule has 0 aliphatic carbocycles. The van der Waals surface area contributed by atoms with Crippen LogP contribution in [0, 0.1) is 5.92 Å². The van der Waals surface area contributed by atoms with Gasteiger partial charge in [0.2, 0.25) is 5.91 Å². The van der Waals surface area contributed by atoms with Crippen LogP contribution in [-0.2, 0) is 9.53 Å². The van der Waals surface area contributed by atoms with E-state index < -0.39 is 0 Å². The van der Waals surface area contributed by atoms with E-state index in [-0.39, 0.29) is 24.5 Å². The molecular formula is C9H17NO3. The normalized spacial score (nSPS) is 27.6. The SMILES string of the molecule is CC1OCCC1C(=O)N(C)CCO. The molecule has 1 fully saturated rings. The van der Waals surface area contributed by atoms with Gasteiger partial charge in [-0.2, -0.15) is 0 Å². The molecule has 0 aromatic heterocycles. The summed E-state index contributed by atoms with van der Waals surface area (Å²) in [5.41, 5.74) is 0. The topological polar surface area (TPSA) is 49.8 Å². The molecule has 1 saturated heterocycles. The van der Waals surface area contributed by atoms with E-state index >= 15 is 0 Å². The molecule has 1 aliphatic rings. The van der Waals surface area contributed by atoms with Gasteiger partial charge in [0, 0.05) is 20.2 Å². The van der Waals surface area contributed by atoms with Crippen LogP contribution < -0.4 is 0 Å². The largest absolute Gasteiger partial charge is 0.395 e. The number of nitrogens with zero attached hydrogens (tertiary/aromatic N) is 1. The predicted molar refractivity (Wildman–Crippen MR) is 48.2 cm³/mol. The number of aliphatic hydroxyl groups is 1. The Morgan fingerprint density at radius 1 is 1.69 bits per heavy atom. The number of ether oxygens (including phenoxy) is 1. The van der Waals surface area contributed by atoms with Crippen molar-refractivity contribution in [3.8, 4) is 0 Å². The van der Waals surface area contributed by atoms with Gasteiger partial charge in [-0.15, -0.1) is 0 Å². The summed E-state index contributed by atoms with van der Waals surface area (Å²) in [6.45, 7) is 3.01. The molecule has 2 unspecified atom stereocenters. The van der Waals surface area contributed by atoms with Gasteiger partial charge >= 0.3 is 0 Å². The maximum Gasteiger partial charge on any atom is 0.228 e. The third-order valence-electron chi connectivity index (χ3n) is 2.51. The van der Waals surface area contributed by atoms with Crippen LogP contribution in [0.1, 0.15) is 13.3 Å². The summed E-state index contributed by atoms with van der Waals surface area (Å²) in [6.07, 6.45) is 0.823. The molecular weight excluding hydrogens is 170 g/mol. The van der Waals surface area contributed by atoms with Crippen LogP contribution >= 0.6 is 0 Å². The summed E-state index contributed by atoms with van der Waals surface area (Å²) in [6, 6.07) is 0. The molecule has 1 rings (SSSR count). The van der Waals surface area contributed by atoms with Crippen molar-refractivity contribution in [3.63, 3.8) is 0 Å². The molecule has 2 atom stereocenters. The Labute approximate surface area is 78.5 Å². The molecule has 0 aromatic carbocycles. The third kappa shape index (κ3) is 2.42. The third-order valence-corrected chi connectivity index (χ3v) is 2.51. The highest BCUT2D eigenvalue weighted by Gasteiger charge is 2.32. The molecule has 1 heterocycles. The predicted octanol–water partition coefficient (Wildman–Crippen LogP) is -0.138. The molecule has 0 radical (unpaired) electrons. The molecule has 0 bridgehead atoms. The first-order valence-electron chi connectivity index (χ1n) is 4.64. The van der Waals surface area contributed by atoms with Gasteiger partial charge in [0.05, 0.1) is 18.6 Å². The van der Waals surface area contributed by atoms with Crippen LogP contribution in [0.25, 0.3) is 0 Å². The van der Waals surface area contributed by atoms with Crippen molar-refractivity contribution < 1.29 is 14.6 Å². The van der Waals surface area contributed by atoms with Crippen LogP contribution in [0.15, 0.2) is 0 Å². The van der Waals surface area contributed by atoms with Gasteiger partial charge in [0.1, 0.15) is 0 Å². The van der Waals surface area contributed by atoms with Crippen molar-refractivity contribution in [2.24, 2.45) is 5.92 Å². The molecule has 0 aromatic rings. The maximum absolute atomic E-state index is 11.7. The van der Waals surface area contributed by atoms with Crippen LogP contribution in [0.5, 0.6) is 0 Å². The first kappa shape index (κ1) is 10.5. The number of rotatable bonds is 3. The maximum atomic E-state index is 11.7. The van der Waals surface area contributed by atoms with E-state index in [9.17, 15) is 4.79 Å². The van der Waals surface area contributed by atoms with Crippen molar-refractivity contribution >= 4 is 5.91 Å². The van der Waals surface area contributed by atoms with Gasteiger partial charge in [0.25, 0.3) is 0 Å². The van der Waals surface area contributed by atoms with Crippen LogP contribution in [0.3, 0.4) is 0 Å². The van der Waals surface area contributed by atoms with Gasteiger partial charge in [-0.05, 0) is 13.3 Å². The fourth-order valence-corrected chi connectivity index (χ4v) is 1.60. The summed E-state index contributed by atoms with van der Waals surface area (Å²) >= 11 is 0. The van der Waals surface area contributed by atoms with Gasteiger partial charge in [0.15, 0.2) is 0 Å². The zero-order valence-electron chi connectivity index (χ0n) is 8.19.